The zero-order chi connectivity index (χ0) is 17.5. The molecule has 5 nitrogen and oxygen atoms in total. The van der Waals surface area contributed by atoms with E-state index in [1.54, 1.807) is 43.5 Å². The summed E-state index contributed by atoms with van der Waals surface area (Å²) in [6, 6.07) is 11.9. The number of ether oxygens (including phenoxy) is 2. The number of hydrogen-bond acceptors (Lipinski definition) is 4. The molecule has 0 atom stereocenters. The number of esters is 1. The zero-order valence-corrected chi connectivity index (χ0v) is 14.1. The molecule has 0 fully saturated rings. The van der Waals surface area contributed by atoms with Crippen molar-refractivity contribution in [1.29, 1.82) is 0 Å². The van der Waals surface area contributed by atoms with Crippen LogP contribution in [0.1, 0.15) is 39.6 Å². The van der Waals surface area contributed by atoms with Crippen molar-refractivity contribution in [2.75, 3.05) is 19.0 Å². The number of anilines is 1. The van der Waals surface area contributed by atoms with Crippen molar-refractivity contribution in [2.45, 2.75) is 20.3 Å². The standard InChI is InChI=1S/C19H21NO4/c1-4-11-24-19(22)14-7-9-16(10-8-14)20-18(21)15-6-5-13(2)17(12-15)23-3/h5-10,12H,4,11H2,1-3H3,(H,20,21). The number of nitrogens with one attached hydrogen (secondary N) is 1. The minimum Gasteiger partial charge on any atom is -0.496 e. The van der Waals surface area contributed by atoms with Crippen LogP contribution in [0.15, 0.2) is 42.5 Å². The van der Waals surface area contributed by atoms with Crippen molar-refractivity contribution in [1.82, 2.24) is 0 Å². The van der Waals surface area contributed by atoms with Crippen LogP contribution in [-0.4, -0.2) is 25.6 Å². The number of carbonyl (C=O) groups is 2. The van der Waals surface area contributed by atoms with Gasteiger partial charge >= 0.3 is 5.97 Å². The lowest BCUT2D eigenvalue weighted by molar-refractivity contribution is 0.0505. The summed E-state index contributed by atoms with van der Waals surface area (Å²) < 4.78 is 10.3. The molecule has 2 aromatic carbocycles. The molecule has 0 unspecified atom stereocenters. The molecule has 0 aliphatic carbocycles. The highest BCUT2D eigenvalue weighted by Gasteiger charge is 2.10. The van der Waals surface area contributed by atoms with Crippen molar-refractivity contribution in [2.24, 2.45) is 0 Å². The molecule has 0 heterocycles. The van der Waals surface area contributed by atoms with Gasteiger partial charge in [0.15, 0.2) is 0 Å². The first kappa shape index (κ1) is 17.5. The quantitative estimate of drug-likeness (QED) is 0.819. The molecule has 0 bridgehead atoms. The maximum atomic E-state index is 12.3. The van der Waals surface area contributed by atoms with Crippen molar-refractivity contribution < 1.29 is 19.1 Å². The lowest BCUT2D eigenvalue weighted by atomic mass is 10.1. The van der Waals surface area contributed by atoms with Crippen LogP contribution in [0.2, 0.25) is 0 Å². The van der Waals surface area contributed by atoms with Crippen LogP contribution in [0.5, 0.6) is 5.75 Å². The van der Waals surface area contributed by atoms with Gasteiger partial charge in [-0.3, -0.25) is 4.79 Å². The van der Waals surface area contributed by atoms with Gasteiger partial charge in [0.1, 0.15) is 5.75 Å². The van der Waals surface area contributed by atoms with Crippen molar-refractivity contribution >= 4 is 17.6 Å². The first-order chi connectivity index (χ1) is 11.5. The van der Waals surface area contributed by atoms with Crippen LogP contribution in [-0.2, 0) is 4.74 Å². The highest BCUT2D eigenvalue weighted by atomic mass is 16.5. The molecule has 1 amide bonds. The second-order valence-electron chi connectivity index (χ2n) is 5.35. The van der Waals surface area contributed by atoms with E-state index in [1.165, 1.54) is 0 Å². The molecular weight excluding hydrogens is 306 g/mol. The molecule has 0 spiro atoms. The fraction of sp³-hybridized carbons (Fsp3) is 0.263. The van der Waals surface area contributed by atoms with Gasteiger partial charge in [0.05, 0.1) is 19.3 Å². The summed E-state index contributed by atoms with van der Waals surface area (Å²) in [5.41, 5.74) is 2.53. The first-order valence-electron chi connectivity index (χ1n) is 7.78. The SMILES string of the molecule is CCCOC(=O)c1ccc(NC(=O)c2ccc(C)c(OC)c2)cc1. The van der Waals surface area contributed by atoms with Gasteiger partial charge in [0.2, 0.25) is 0 Å². The smallest absolute Gasteiger partial charge is 0.338 e. The Hall–Kier alpha value is -2.82. The third-order valence-electron chi connectivity index (χ3n) is 3.49. The Labute approximate surface area is 141 Å². The fourth-order valence-electron chi connectivity index (χ4n) is 2.13. The molecule has 0 aliphatic heterocycles. The van der Waals surface area contributed by atoms with E-state index in [4.69, 9.17) is 9.47 Å². The van der Waals surface area contributed by atoms with Gasteiger partial charge < -0.3 is 14.8 Å². The Morgan fingerprint density at radius 2 is 1.71 bits per heavy atom. The summed E-state index contributed by atoms with van der Waals surface area (Å²) in [6.07, 6.45) is 0.778. The molecule has 0 saturated carbocycles. The van der Waals surface area contributed by atoms with Crippen LogP contribution < -0.4 is 10.1 Å². The van der Waals surface area contributed by atoms with Gasteiger partial charge in [-0.25, -0.2) is 4.79 Å². The second-order valence-corrected chi connectivity index (χ2v) is 5.35. The Morgan fingerprint density at radius 1 is 1.04 bits per heavy atom. The number of aryl methyl sites for hydroxylation is 1. The maximum absolute atomic E-state index is 12.3. The van der Waals surface area contributed by atoms with Crippen LogP contribution in [0.4, 0.5) is 5.69 Å². The van der Waals surface area contributed by atoms with Crippen LogP contribution in [0, 0.1) is 6.92 Å². The van der Waals surface area contributed by atoms with Gasteiger partial charge in [-0.2, -0.15) is 0 Å². The lowest BCUT2D eigenvalue weighted by Gasteiger charge is -2.09. The number of hydrogen-bond donors (Lipinski definition) is 1. The Balaban J connectivity index is 2.05. The Bertz CT molecular complexity index is 723. The van der Waals surface area contributed by atoms with E-state index in [9.17, 15) is 9.59 Å². The van der Waals surface area contributed by atoms with Crippen LogP contribution >= 0.6 is 0 Å². The van der Waals surface area contributed by atoms with E-state index < -0.39 is 0 Å². The summed E-state index contributed by atoms with van der Waals surface area (Å²) in [5, 5.41) is 2.79. The van der Waals surface area contributed by atoms with Crippen LogP contribution in [0.3, 0.4) is 0 Å². The van der Waals surface area contributed by atoms with E-state index in [0.29, 0.717) is 29.2 Å². The van der Waals surface area contributed by atoms with Gasteiger partial charge in [0, 0.05) is 11.3 Å². The molecule has 1 N–H and O–H groups in total. The highest BCUT2D eigenvalue weighted by molar-refractivity contribution is 6.04. The number of methoxy groups -OCH3 is 1. The number of amides is 1. The lowest BCUT2D eigenvalue weighted by Crippen LogP contribution is -2.12. The summed E-state index contributed by atoms with van der Waals surface area (Å²) in [7, 11) is 1.57. The number of benzene rings is 2. The van der Waals surface area contributed by atoms with Gasteiger partial charge in [-0.1, -0.05) is 13.0 Å². The number of carbonyl (C=O) groups excluding carboxylic acids is 2. The zero-order valence-electron chi connectivity index (χ0n) is 14.1. The van der Waals surface area contributed by atoms with E-state index >= 15 is 0 Å². The highest BCUT2D eigenvalue weighted by Crippen LogP contribution is 2.20. The molecule has 126 valence electrons. The summed E-state index contributed by atoms with van der Waals surface area (Å²) >= 11 is 0. The van der Waals surface area contributed by atoms with E-state index in [2.05, 4.69) is 5.32 Å². The van der Waals surface area contributed by atoms with E-state index in [0.717, 1.165) is 12.0 Å². The molecule has 0 radical (unpaired) electrons. The molecule has 0 aromatic heterocycles. The minimum atomic E-state index is -0.363. The second kappa shape index (κ2) is 8.15. The average Bonchev–Trinajstić information content (AvgIpc) is 2.60. The molecule has 5 heteroatoms. The van der Waals surface area contributed by atoms with E-state index in [1.807, 2.05) is 19.9 Å². The van der Waals surface area contributed by atoms with Crippen molar-refractivity contribution in [3.8, 4) is 5.75 Å². The molecule has 0 aliphatic rings. The molecule has 0 saturated heterocycles. The largest absolute Gasteiger partial charge is 0.496 e. The van der Waals surface area contributed by atoms with Crippen LogP contribution in [0.25, 0.3) is 0 Å². The van der Waals surface area contributed by atoms with Gasteiger partial charge in [0.25, 0.3) is 5.91 Å². The molecule has 24 heavy (non-hydrogen) atoms. The third kappa shape index (κ3) is 4.35. The Morgan fingerprint density at radius 3 is 2.33 bits per heavy atom. The number of rotatable bonds is 6. The third-order valence-corrected chi connectivity index (χ3v) is 3.49. The topological polar surface area (TPSA) is 64.6 Å². The molecular formula is C19H21NO4. The van der Waals surface area contributed by atoms with Gasteiger partial charge in [-0.05, 0) is 55.3 Å². The maximum Gasteiger partial charge on any atom is 0.338 e. The predicted octanol–water partition coefficient (Wildman–Crippen LogP) is 3.82. The minimum absolute atomic E-state index is 0.241. The monoisotopic (exact) mass is 327 g/mol. The summed E-state index contributed by atoms with van der Waals surface area (Å²) in [6.45, 7) is 4.25. The average molecular weight is 327 g/mol. The Kier molecular flexibility index (Phi) is 5.95. The van der Waals surface area contributed by atoms with Crippen molar-refractivity contribution in [3.63, 3.8) is 0 Å². The van der Waals surface area contributed by atoms with Gasteiger partial charge in [-0.15, -0.1) is 0 Å². The first-order valence-corrected chi connectivity index (χ1v) is 7.78. The summed E-state index contributed by atoms with van der Waals surface area (Å²) in [5.74, 6) is 0.0595. The van der Waals surface area contributed by atoms with Crippen molar-refractivity contribution in [3.05, 3.63) is 59.2 Å². The molecule has 2 aromatic rings. The predicted molar refractivity (Wildman–Crippen MR) is 92.7 cm³/mol. The fourth-order valence-corrected chi connectivity index (χ4v) is 2.13. The summed E-state index contributed by atoms with van der Waals surface area (Å²) in [4.78, 5) is 24.0. The van der Waals surface area contributed by atoms with E-state index in [-0.39, 0.29) is 11.9 Å². The normalized spacial score (nSPS) is 10.1. The molecule has 2 rings (SSSR count).